The fraction of sp³-hybridized carbons (Fsp3) is 0.375. The molecule has 0 saturated carbocycles. The normalized spacial score (nSPS) is 13.0. The van der Waals surface area contributed by atoms with Crippen molar-refractivity contribution < 1.29 is 4.42 Å². The van der Waals surface area contributed by atoms with Crippen LogP contribution in [0.15, 0.2) is 16.5 Å². The summed E-state index contributed by atoms with van der Waals surface area (Å²) in [5, 5.41) is 11.9. The van der Waals surface area contributed by atoms with Crippen molar-refractivity contribution >= 4 is 11.6 Å². The van der Waals surface area contributed by atoms with E-state index in [2.05, 4.69) is 15.4 Å². The molecule has 1 unspecified atom stereocenters. The predicted octanol–water partition coefficient (Wildman–Crippen LogP) is 0.699. The highest BCUT2D eigenvalue weighted by molar-refractivity contribution is 6.28. The molecule has 80 valence electrons. The molecular formula is C8H10ClN5O. The van der Waals surface area contributed by atoms with E-state index in [1.165, 1.54) is 4.80 Å². The van der Waals surface area contributed by atoms with E-state index in [0.29, 0.717) is 23.2 Å². The Morgan fingerprint density at radius 1 is 1.60 bits per heavy atom. The summed E-state index contributed by atoms with van der Waals surface area (Å²) in [5.74, 6) is 1.20. The van der Waals surface area contributed by atoms with Gasteiger partial charge < -0.3 is 10.2 Å². The number of hydrogen-bond acceptors (Lipinski definition) is 5. The highest BCUT2D eigenvalue weighted by Gasteiger charge is 2.14. The third kappa shape index (κ3) is 2.34. The summed E-state index contributed by atoms with van der Waals surface area (Å²) < 4.78 is 5.18. The zero-order valence-corrected chi connectivity index (χ0v) is 8.85. The van der Waals surface area contributed by atoms with Gasteiger partial charge in [-0.05, 0) is 28.9 Å². The molecule has 0 bridgehead atoms. The van der Waals surface area contributed by atoms with Crippen LogP contribution in [0.4, 0.5) is 0 Å². The maximum absolute atomic E-state index is 5.88. The number of halogens is 1. The maximum Gasteiger partial charge on any atom is 0.193 e. The van der Waals surface area contributed by atoms with Crippen LogP contribution in [0.3, 0.4) is 0 Å². The second-order valence-electron chi connectivity index (χ2n) is 3.15. The fourth-order valence-electron chi connectivity index (χ4n) is 1.23. The lowest BCUT2D eigenvalue weighted by Crippen LogP contribution is -2.13. The van der Waals surface area contributed by atoms with E-state index in [1.54, 1.807) is 19.2 Å². The average molecular weight is 228 g/mol. The summed E-state index contributed by atoms with van der Waals surface area (Å²) in [4.78, 5) is 1.39. The van der Waals surface area contributed by atoms with Gasteiger partial charge in [-0.1, -0.05) is 0 Å². The number of nitrogens with two attached hydrogens (primary N) is 1. The van der Waals surface area contributed by atoms with Crippen LogP contribution in [0.2, 0.25) is 5.22 Å². The van der Waals surface area contributed by atoms with E-state index >= 15 is 0 Å². The lowest BCUT2D eigenvalue weighted by atomic mass is 10.1. The molecule has 0 spiro atoms. The van der Waals surface area contributed by atoms with E-state index in [-0.39, 0.29) is 6.04 Å². The highest BCUT2D eigenvalue weighted by Crippen LogP contribution is 2.20. The summed E-state index contributed by atoms with van der Waals surface area (Å²) in [7, 11) is 1.70. The summed E-state index contributed by atoms with van der Waals surface area (Å²) in [6.45, 7) is 0. The number of hydrogen-bond donors (Lipinski definition) is 1. The minimum Gasteiger partial charge on any atom is -0.448 e. The summed E-state index contributed by atoms with van der Waals surface area (Å²) in [6.07, 6.45) is 0.470. The summed E-state index contributed by atoms with van der Waals surface area (Å²) in [6, 6.07) is 3.09. The van der Waals surface area contributed by atoms with Crippen molar-refractivity contribution in [2.45, 2.75) is 12.5 Å². The Bertz CT molecular complexity index is 451. The van der Waals surface area contributed by atoms with Crippen molar-refractivity contribution in [3.63, 3.8) is 0 Å². The van der Waals surface area contributed by atoms with E-state index in [4.69, 9.17) is 21.8 Å². The van der Waals surface area contributed by atoms with Gasteiger partial charge in [0.15, 0.2) is 11.0 Å². The molecule has 0 aliphatic rings. The van der Waals surface area contributed by atoms with E-state index in [9.17, 15) is 0 Å². The summed E-state index contributed by atoms with van der Waals surface area (Å²) >= 11 is 5.64. The van der Waals surface area contributed by atoms with Gasteiger partial charge in [0.05, 0.1) is 13.1 Å². The first-order chi connectivity index (χ1) is 7.15. The van der Waals surface area contributed by atoms with E-state index in [1.807, 2.05) is 0 Å². The standard InChI is InChI=1S/C8H10ClN5O/c1-14-12-8(11-13-14)4-5(10)6-2-3-7(9)15-6/h2-3,5H,4,10H2,1H3. The third-order valence-electron chi connectivity index (χ3n) is 1.91. The molecule has 2 heterocycles. The first kappa shape index (κ1) is 10.1. The van der Waals surface area contributed by atoms with Gasteiger partial charge in [0, 0.05) is 6.42 Å². The van der Waals surface area contributed by atoms with Gasteiger partial charge in [0.25, 0.3) is 0 Å². The highest BCUT2D eigenvalue weighted by atomic mass is 35.5. The molecule has 0 aliphatic heterocycles. The first-order valence-corrected chi connectivity index (χ1v) is 4.76. The van der Waals surface area contributed by atoms with Gasteiger partial charge in [-0.2, -0.15) is 4.80 Å². The Hall–Kier alpha value is -1.40. The van der Waals surface area contributed by atoms with Crippen LogP contribution >= 0.6 is 11.6 Å². The molecule has 0 aromatic carbocycles. The Balaban J connectivity index is 2.06. The first-order valence-electron chi connectivity index (χ1n) is 4.39. The smallest absolute Gasteiger partial charge is 0.193 e. The summed E-state index contributed by atoms with van der Waals surface area (Å²) in [5.41, 5.74) is 5.88. The zero-order valence-electron chi connectivity index (χ0n) is 8.09. The van der Waals surface area contributed by atoms with Crippen LogP contribution < -0.4 is 5.73 Å². The van der Waals surface area contributed by atoms with Crippen LogP contribution in [0.1, 0.15) is 17.6 Å². The van der Waals surface area contributed by atoms with Crippen LogP contribution in [-0.4, -0.2) is 20.2 Å². The van der Waals surface area contributed by atoms with Gasteiger partial charge in [-0.3, -0.25) is 0 Å². The lowest BCUT2D eigenvalue weighted by molar-refractivity contribution is 0.462. The van der Waals surface area contributed by atoms with Crippen molar-refractivity contribution in [3.05, 3.63) is 28.9 Å². The number of aromatic nitrogens is 4. The molecule has 0 amide bonds. The number of aryl methyl sites for hydroxylation is 1. The quantitative estimate of drug-likeness (QED) is 0.835. The lowest BCUT2D eigenvalue weighted by Gasteiger charge is -2.04. The minimum atomic E-state index is -0.304. The Labute approximate surface area is 91.0 Å². The van der Waals surface area contributed by atoms with Crippen LogP contribution in [-0.2, 0) is 13.5 Å². The fourth-order valence-corrected chi connectivity index (χ4v) is 1.38. The van der Waals surface area contributed by atoms with Crippen LogP contribution in [0.25, 0.3) is 0 Å². The zero-order chi connectivity index (χ0) is 10.8. The monoisotopic (exact) mass is 227 g/mol. The Kier molecular flexibility index (Phi) is 2.70. The Morgan fingerprint density at radius 2 is 2.40 bits per heavy atom. The van der Waals surface area contributed by atoms with Crippen molar-refractivity contribution in [1.29, 1.82) is 0 Å². The maximum atomic E-state index is 5.88. The van der Waals surface area contributed by atoms with Crippen LogP contribution in [0.5, 0.6) is 0 Å². The van der Waals surface area contributed by atoms with Crippen molar-refractivity contribution in [1.82, 2.24) is 20.2 Å². The molecule has 0 aliphatic carbocycles. The minimum absolute atomic E-state index is 0.304. The molecule has 15 heavy (non-hydrogen) atoms. The van der Waals surface area contributed by atoms with Crippen molar-refractivity contribution in [2.75, 3.05) is 0 Å². The predicted molar refractivity (Wildman–Crippen MR) is 53.1 cm³/mol. The van der Waals surface area contributed by atoms with Gasteiger partial charge >= 0.3 is 0 Å². The topological polar surface area (TPSA) is 82.8 Å². The van der Waals surface area contributed by atoms with Gasteiger partial charge in [0.1, 0.15) is 5.76 Å². The third-order valence-corrected chi connectivity index (χ3v) is 2.11. The number of rotatable bonds is 3. The average Bonchev–Trinajstić information content (AvgIpc) is 2.75. The molecule has 2 rings (SSSR count). The molecule has 2 N–H and O–H groups in total. The second kappa shape index (κ2) is 4.00. The molecule has 7 heteroatoms. The molecular weight excluding hydrogens is 218 g/mol. The molecule has 0 saturated heterocycles. The number of tetrazole rings is 1. The van der Waals surface area contributed by atoms with Gasteiger partial charge in [0.2, 0.25) is 0 Å². The second-order valence-corrected chi connectivity index (χ2v) is 3.52. The van der Waals surface area contributed by atoms with E-state index in [0.717, 1.165) is 0 Å². The van der Waals surface area contributed by atoms with E-state index < -0.39 is 0 Å². The van der Waals surface area contributed by atoms with Gasteiger partial charge in [-0.15, -0.1) is 10.2 Å². The van der Waals surface area contributed by atoms with Crippen molar-refractivity contribution in [3.8, 4) is 0 Å². The number of furan rings is 1. The largest absolute Gasteiger partial charge is 0.448 e. The molecule has 6 nitrogen and oxygen atoms in total. The molecule has 2 aromatic heterocycles. The molecule has 1 atom stereocenters. The molecule has 2 aromatic rings. The Morgan fingerprint density at radius 3 is 2.93 bits per heavy atom. The van der Waals surface area contributed by atoms with Gasteiger partial charge in [-0.25, -0.2) is 0 Å². The van der Waals surface area contributed by atoms with Crippen LogP contribution in [0, 0.1) is 0 Å². The molecule has 0 radical (unpaired) electrons. The van der Waals surface area contributed by atoms with Crippen molar-refractivity contribution in [2.24, 2.45) is 12.8 Å². The molecule has 0 fully saturated rings. The number of nitrogens with zero attached hydrogens (tertiary/aromatic N) is 4. The SMILES string of the molecule is Cn1nnc(CC(N)c2ccc(Cl)o2)n1.